The fourth-order valence-electron chi connectivity index (χ4n) is 2.30. The van der Waals surface area contributed by atoms with E-state index in [0.29, 0.717) is 11.3 Å². The van der Waals surface area contributed by atoms with Crippen LogP contribution < -0.4 is 11.1 Å². The van der Waals surface area contributed by atoms with Gasteiger partial charge in [0.25, 0.3) is 0 Å². The van der Waals surface area contributed by atoms with Crippen LogP contribution in [0.5, 0.6) is 0 Å². The molecule has 1 fully saturated rings. The fraction of sp³-hybridized carbons (Fsp3) is 0.429. The van der Waals surface area contributed by atoms with Crippen LogP contribution in [0.2, 0.25) is 0 Å². The van der Waals surface area contributed by atoms with E-state index in [1.54, 1.807) is 24.3 Å². The first-order valence-corrected chi connectivity index (χ1v) is 6.34. The third kappa shape index (κ3) is 3.49. The summed E-state index contributed by atoms with van der Waals surface area (Å²) < 4.78 is 4.61. The molecule has 0 bridgehead atoms. The average Bonchev–Trinajstić information content (AvgIpc) is 2.87. The highest BCUT2D eigenvalue weighted by atomic mass is 35.5. The monoisotopic (exact) mass is 298 g/mol. The van der Waals surface area contributed by atoms with Gasteiger partial charge < -0.3 is 15.8 Å². The lowest BCUT2D eigenvalue weighted by atomic mass is 9.98. The number of amides is 1. The Labute approximate surface area is 124 Å². The number of esters is 1. The quantitative estimate of drug-likeness (QED) is 0.837. The van der Waals surface area contributed by atoms with Crippen LogP contribution in [0.4, 0.5) is 5.69 Å². The van der Waals surface area contributed by atoms with Gasteiger partial charge in [-0.3, -0.25) is 4.79 Å². The van der Waals surface area contributed by atoms with Crippen LogP contribution in [0.25, 0.3) is 0 Å². The standard InChI is InChI=1S/C14H18N2O3.ClH/c1-19-12(17)10-4-6-11(7-5-10)16-13(18)14(15)8-2-3-9-14;/h4-7H,2-3,8-9,15H2,1H3,(H,16,18);1H. The number of carbonyl (C=O) groups excluding carboxylic acids is 2. The van der Waals surface area contributed by atoms with E-state index in [2.05, 4.69) is 10.1 Å². The minimum atomic E-state index is -0.749. The van der Waals surface area contributed by atoms with Crippen molar-refractivity contribution in [1.29, 1.82) is 0 Å². The fourth-order valence-corrected chi connectivity index (χ4v) is 2.30. The normalized spacial score (nSPS) is 16.1. The summed E-state index contributed by atoms with van der Waals surface area (Å²) in [5.41, 5.74) is 6.40. The molecule has 1 aliphatic rings. The van der Waals surface area contributed by atoms with Gasteiger partial charge in [0.15, 0.2) is 0 Å². The van der Waals surface area contributed by atoms with E-state index in [-0.39, 0.29) is 18.3 Å². The van der Waals surface area contributed by atoms with Crippen LogP contribution in [0, 0.1) is 0 Å². The molecule has 1 amide bonds. The zero-order chi connectivity index (χ0) is 13.9. The molecule has 5 nitrogen and oxygen atoms in total. The second-order valence-electron chi connectivity index (χ2n) is 4.89. The number of ether oxygens (including phenoxy) is 1. The molecule has 1 aromatic rings. The number of anilines is 1. The molecule has 0 heterocycles. The molecular formula is C14H19ClN2O3. The molecule has 1 aliphatic carbocycles. The predicted octanol–water partition coefficient (Wildman–Crippen LogP) is 2.10. The Hall–Kier alpha value is -1.59. The summed E-state index contributed by atoms with van der Waals surface area (Å²) in [5.74, 6) is -0.556. The molecule has 3 N–H and O–H groups in total. The van der Waals surface area contributed by atoms with Crippen molar-refractivity contribution < 1.29 is 14.3 Å². The molecule has 0 atom stereocenters. The molecule has 0 aliphatic heterocycles. The minimum absolute atomic E-state index is 0. The topological polar surface area (TPSA) is 81.4 Å². The summed E-state index contributed by atoms with van der Waals surface area (Å²) >= 11 is 0. The molecule has 0 spiro atoms. The van der Waals surface area contributed by atoms with Crippen molar-refractivity contribution in [3.8, 4) is 0 Å². The van der Waals surface area contributed by atoms with Gasteiger partial charge in [-0.2, -0.15) is 0 Å². The van der Waals surface area contributed by atoms with Crippen molar-refractivity contribution in [2.45, 2.75) is 31.2 Å². The Morgan fingerprint density at radius 3 is 2.25 bits per heavy atom. The second-order valence-corrected chi connectivity index (χ2v) is 4.89. The Morgan fingerprint density at radius 2 is 1.75 bits per heavy atom. The summed E-state index contributed by atoms with van der Waals surface area (Å²) in [4.78, 5) is 23.4. The number of halogens is 1. The van der Waals surface area contributed by atoms with Crippen LogP contribution >= 0.6 is 12.4 Å². The molecule has 0 aromatic heterocycles. The maximum Gasteiger partial charge on any atom is 0.337 e. The Kier molecular flexibility index (Phi) is 5.53. The number of methoxy groups -OCH3 is 1. The maximum atomic E-state index is 12.1. The van der Waals surface area contributed by atoms with Crippen molar-refractivity contribution in [2.24, 2.45) is 5.73 Å². The molecule has 110 valence electrons. The van der Waals surface area contributed by atoms with Crippen LogP contribution in [-0.2, 0) is 9.53 Å². The van der Waals surface area contributed by atoms with Crippen LogP contribution in [-0.4, -0.2) is 24.5 Å². The van der Waals surface area contributed by atoms with Crippen LogP contribution in [0.15, 0.2) is 24.3 Å². The highest BCUT2D eigenvalue weighted by Crippen LogP contribution is 2.28. The van der Waals surface area contributed by atoms with Gasteiger partial charge in [-0.1, -0.05) is 12.8 Å². The van der Waals surface area contributed by atoms with Gasteiger partial charge >= 0.3 is 5.97 Å². The maximum absolute atomic E-state index is 12.1. The van der Waals surface area contributed by atoms with E-state index < -0.39 is 11.5 Å². The van der Waals surface area contributed by atoms with Crippen LogP contribution in [0.1, 0.15) is 36.0 Å². The van der Waals surface area contributed by atoms with Crippen molar-refractivity contribution in [3.63, 3.8) is 0 Å². The lowest BCUT2D eigenvalue weighted by Crippen LogP contribution is -2.48. The smallest absolute Gasteiger partial charge is 0.337 e. The van der Waals surface area contributed by atoms with E-state index in [1.807, 2.05) is 0 Å². The lowest BCUT2D eigenvalue weighted by Gasteiger charge is -2.22. The molecule has 20 heavy (non-hydrogen) atoms. The predicted molar refractivity (Wildman–Crippen MR) is 79.0 cm³/mol. The average molecular weight is 299 g/mol. The number of nitrogens with one attached hydrogen (secondary N) is 1. The number of rotatable bonds is 3. The number of nitrogens with two attached hydrogens (primary N) is 1. The van der Waals surface area contributed by atoms with Gasteiger partial charge in [-0.25, -0.2) is 4.79 Å². The summed E-state index contributed by atoms with van der Waals surface area (Å²) in [7, 11) is 1.33. The summed E-state index contributed by atoms with van der Waals surface area (Å²) in [6.07, 6.45) is 3.43. The van der Waals surface area contributed by atoms with E-state index >= 15 is 0 Å². The Balaban J connectivity index is 0.00000200. The molecule has 0 radical (unpaired) electrons. The number of benzene rings is 1. The molecule has 1 aromatic carbocycles. The van der Waals surface area contributed by atoms with E-state index in [1.165, 1.54) is 7.11 Å². The van der Waals surface area contributed by atoms with Crippen molar-refractivity contribution in [3.05, 3.63) is 29.8 Å². The summed E-state index contributed by atoms with van der Waals surface area (Å²) in [6, 6.07) is 6.56. The molecule has 6 heteroatoms. The van der Waals surface area contributed by atoms with Gasteiger partial charge in [-0.05, 0) is 37.1 Å². The van der Waals surface area contributed by atoms with E-state index in [4.69, 9.17) is 5.73 Å². The first-order chi connectivity index (χ1) is 9.05. The van der Waals surface area contributed by atoms with Crippen molar-refractivity contribution in [1.82, 2.24) is 0 Å². The highest BCUT2D eigenvalue weighted by molar-refractivity contribution is 5.98. The lowest BCUT2D eigenvalue weighted by molar-refractivity contribution is -0.121. The van der Waals surface area contributed by atoms with E-state index in [9.17, 15) is 9.59 Å². The van der Waals surface area contributed by atoms with Crippen molar-refractivity contribution >= 4 is 30.0 Å². The Morgan fingerprint density at radius 1 is 1.20 bits per heavy atom. The van der Waals surface area contributed by atoms with Gasteiger partial charge in [-0.15, -0.1) is 12.4 Å². The molecule has 0 saturated heterocycles. The van der Waals surface area contributed by atoms with Gasteiger partial charge in [0.1, 0.15) is 0 Å². The third-order valence-electron chi connectivity index (χ3n) is 3.51. The second kappa shape index (κ2) is 6.72. The largest absolute Gasteiger partial charge is 0.465 e. The number of carbonyl (C=O) groups is 2. The van der Waals surface area contributed by atoms with Gasteiger partial charge in [0, 0.05) is 5.69 Å². The molecular weight excluding hydrogens is 280 g/mol. The van der Waals surface area contributed by atoms with E-state index in [0.717, 1.165) is 25.7 Å². The zero-order valence-corrected chi connectivity index (χ0v) is 12.2. The molecule has 1 saturated carbocycles. The third-order valence-corrected chi connectivity index (χ3v) is 3.51. The zero-order valence-electron chi connectivity index (χ0n) is 11.3. The van der Waals surface area contributed by atoms with Crippen molar-refractivity contribution in [2.75, 3.05) is 12.4 Å². The minimum Gasteiger partial charge on any atom is -0.465 e. The number of hydrogen-bond donors (Lipinski definition) is 2. The first-order valence-electron chi connectivity index (χ1n) is 6.34. The summed E-state index contributed by atoms with van der Waals surface area (Å²) in [5, 5.41) is 2.79. The van der Waals surface area contributed by atoms with Gasteiger partial charge in [0.05, 0.1) is 18.2 Å². The number of hydrogen-bond acceptors (Lipinski definition) is 4. The van der Waals surface area contributed by atoms with Gasteiger partial charge in [0.2, 0.25) is 5.91 Å². The van der Waals surface area contributed by atoms with Crippen LogP contribution in [0.3, 0.4) is 0 Å². The molecule has 0 unspecified atom stereocenters. The Bertz CT molecular complexity index is 482. The summed E-state index contributed by atoms with van der Waals surface area (Å²) in [6.45, 7) is 0. The highest BCUT2D eigenvalue weighted by Gasteiger charge is 2.36. The SMILES string of the molecule is COC(=O)c1ccc(NC(=O)C2(N)CCCC2)cc1.Cl. The molecule has 2 rings (SSSR count). The first kappa shape index (κ1) is 16.5.